The van der Waals surface area contributed by atoms with E-state index in [0.29, 0.717) is 0 Å². The van der Waals surface area contributed by atoms with Crippen molar-refractivity contribution in [3.05, 3.63) is 24.3 Å². The molecule has 3 N–H and O–H groups in total. The van der Waals surface area contributed by atoms with E-state index in [1.165, 1.54) is 0 Å². The van der Waals surface area contributed by atoms with Gasteiger partial charge in [-0.2, -0.15) is 0 Å². The number of para-hydroxylation sites is 2. The summed E-state index contributed by atoms with van der Waals surface area (Å²) in [4.78, 5) is 0. The molecular weight excluding hydrogens is 172 g/mol. The summed E-state index contributed by atoms with van der Waals surface area (Å²) in [6, 6.07) is 7.75. The molecule has 0 radical (unpaired) electrons. The zero-order valence-corrected chi connectivity index (χ0v) is 10.1. The Morgan fingerprint density at radius 2 is 1.57 bits per heavy atom. The second-order valence-corrected chi connectivity index (χ2v) is 2.12. The number of hydrogen-bond donors (Lipinski definition) is 2. The maximum atomic E-state index is 5.64. The molecule has 2 nitrogen and oxygen atoms in total. The molecule has 0 amide bonds. The normalized spacial score (nSPS) is 7.50. The van der Waals surface area contributed by atoms with Crippen LogP contribution in [0.25, 0.3) is 0 Å². The minimum absolute atomic E-state index is 0.810. The van der Waals surface area contributed by atoms with Crippen LogP contribution >= 0.6 is 0 Å². The zero-order chi connectivity index (χ0) is 11.4. The highest BCUT2D eigenvalue weighted by Gasteiger charge is 1.91. The van der Waals surface area contributed by atoms with Crippen LogP contribution in [0.1, 0.15) is 34.6 Å². The molecule has 0 aliphatic heterocycles. The van der Waals surface area contributed by atoms with Crippen molar-refractivity contribution in [2.45, 2.75) is 34.6 Å². The first-order valence-electron chi connectivity index (χ1n) is 5.43. The van der Waals surface area contributed by atoms with E-state index in [1.807, 2.05) is 58.9 Å². The van der Waals surface area contributed by atoms with Crippen molar-refractivity contribution >= 4 is 11.4 Å². The number of nitrogen functional groups attached to an aromatic ring is 1. The van der Waals surface area contributed by atoms with Crippen molar-refractivity contribution in [2.24, 2.45) is 0 Å². The quantitative estimate of drug-likeness (QED) is 0.707. The Balaban J connectivity index is 0. The second kappa shape index (κ2) is 11.8. The average Bonchev–Trinajstić information content (AvgIpc) is 2.28. The van der Waals surface area contributed by atoms with E-state index in [-0.39, 0.29) is 0 Å². The van der Waals surface area contributed by atoms with Gasteiger partial charge in [-0.3, -0.25) is 0 Å². The van der Waals surface area contributed by atoms with E-state index in [4.69, 9.17) is 5.73 Å². The van der Waals surface area contributed by atoms with Gasteiger partial charge >= 0.3 is 0 Å². The minimum Gasteiger partial charge on any atom is -0.397 e. The van der Waals surface area contributed by atoms with Gasteiger partial charge < -0.3 is 11.1 Å². The summed E-state index contributed by atoms with van der Waals surface area (Å²) >= 11 is 0. The molecule has 0 spiro atoms. The first kappa shape index (κ1) is 15.3. The van der Waals surface area contributed by atoms with Crippen LogP contribution in [0, 0.1) is 0 Å². The van der Waals surface area contributed by atoms with Gasteiger partial charge in [-0.15, -0.1) is 0 Å². The lowest BCUT2D eigenvalue weighted by Crippen LogP contribution is -1.99. The summed E-state index contributed by atoms with van der Waals surface area (Å²) in [6.07, 6.45) is 0. The van der Waals surface area contributed by atoms with Crippen LogP contribution in [0.15, 0.2) is 24.3 Å². The van der Waals surface area contributed by atoms with Gasteiger partial charge in [-0.1, -0.05) is 39.8 Å². The van der Waals surface area contributed by atoms with Crippen molar-refractivity contribution in [3.63, 3.8) is 0 Å². The van der Waals surface area contributed by atoms with Crippen molar-refractivity contribution < 1.29 is 0 Å². The van der Waals surface area contributed by atoms with E-state index >= 15 is 0 Å². The van der Waals surface area contributed by atoms with Crippen molar-refractivity contribution in [2.75, 3.05) is 17.6 Å². The first-order valence-corrected chi connectivity index (χ1v) is 5.43. The molecule has 0 saturated heterocycles. The van der Waals surface area contributed by atoms with Gasteiger partial charge in [0.2, 0.25) is 0 Å². The van der Waals surface area contributed by atoms with Crippen LogP contribution in [0.5, 0.6) is 0 Å². The van der Waals surface area contributed by atoms with Crippen LogP contribution in [-0.4, -0.2) is 6.54 Å². The van der Waals surface area contributed by atoms with Gasteiger partial charge in [0, 0.05) is 6.54 Å². The van der Waals surface area contributed by atoms with Crippen LogP contribution in [0.4, 0.5) is 11.4 Å². The summed E-state index contributed by atoms with van der Waals surface area (Å²) in [5, 5.41) is 3.15. The van der Waals surface area contributed by atoms with E-state index in [2.05, 4.69) is 5.32 Å². The maximum absolute atomic E-state index is 5.64. The van der Waals surface area contributed by atoms with Gasteiger partial charge in [0.05, 0.1) is 11.4 Å². The standard InChI is InChI=1S/C8H12N2.2C2H6/c1-2-10-8-6-4-3-5-7(8)9;2*1-2/h3-6,10H,2,9H2,1H3;2*1-2H3. The highest BCUT2D eigenvalue weighted by molar-refractivity contribution is 5.65. The lowest BCUT2D eigenvalue weighted by atomic mass is 10.3. The maximum Gasteiger partial charge on any atom is 0.0573 e. The fraction of sp³-hybridized carbons (Fsp3) is 0.500. The number of nitrogens with one attached hydrogen (secondary N) is 1. The van der Waals surface area contributed by atoms with E-state index < -0.39 is 0 Å². The molecule has 0 atom stereocenters. The SMILES string of the molecule is CC.CC.CCNc1ccccc1N. The van der Waals surface area contributed by atoms with Crippen molar-refractivity contribution in [3.8, 4) is 0 Å². The largest absolute Gasteiger partial charge is 0.397 e. The Kier molecular flexibility index (Phi) is 12.9. The molecule has 0 unspecified atom stereocenters. The molecular formula is C12H24N2. The predicted molar refractivity (Wildman–Crippen MR) is 67.7 cm³/mol. The monoisotopic (exact) mass is 196 g/mol. The average molecular weight is 196 g/mol. The molecule has 0 aliphatic carbocycles. The molecule has 0 bridgehead atoms. The van der Waals surface area contributed by atoms with Gasteiger partial charge in [-0.05, 0) is 19.1 Å². The second-order valence-electron chi connectivity index (χ2n) is 2.12. The van der Waals surface area contributed by atoms with Crippen LogP contribution < -0.4 is 11.1 Å². The third-order valence-electron chi connectivity index (χ3n) is 1.33. The molecule has 0 saturated carbocycles. The Labute approximate surface area is 88.5 Å². The third kappa shape index (κ3) is 6.35. The zero-order valence-electron chi connectivity index (χ0n) is 10.1. The lowest BCUT2D eigenvalue weighted by molar-refractivity contribution is 1.21. The smallest absolute Gasteiger partial charge is 0.0573 e. The highest BCUT2D eigenvalue weighted by atomic mass is 14.9. The van der Waals surface area contributed by atoms with Crippen LogP contribution in [0.2, 0.25) is 0 Å². The first-order chi connectivity index (χ1) is 6.84. The van der Waals surface area contributed by atoms with Crippen molar-refractivity contribution in [1.29, 1.82) is 0 Å². The summed E-state index contributed by atoms with van der Waals surface area (Å²) in [5.74, 6) is 0. The fourth-order valence-electron chi connectivity index (χ4n) is 0.848. The van der Waals surface area contributed by atoms with E-state index in [9.17, 15) is 0 Å². The van der Waals surface area contributed by atoms with Crippen LogP contribution in [0.3, 0.4) is 0 Å². The highest BCUT2D eigenvalue weighted by Crippen LogP contribution is 2.15. The summed E-state index contributed by atoms with van der Waals surface area (Å²) < 4.78 is 0. The number of nitrogens with two attached hydrogens (primary N) is 1. The van der Waals surface area contributed by atoms with Gasteiger partial charge in [0.15, 0.2) is 0 Å². The van der Waals surface area contributed by atoms with Gasteiger partial charge in [0.25, 0.3) is 0 Å². The summed E-state index contributed by atoms with van der Waals surface area (Å²) in [5.41, 5.74) is 7.47. The Hall–Kier alpha value is -1.18. The minimum atomic E-state index is 0.810. The summed E-state index contributed by atoms with van der Waals surface area (Å²) in [7, 11) is 0. The Bertz CT molecular complexity index is 209. The van der Waals surface area contributed by atoms with Crippen LogP contribution in [-0.2, 0) is 0 Å². The molecule has 0 fully saturated rings. The molecule has 2 heteroatoms. The van der Waals surface area contributed by atoms with E-state index in [0.717, 1.165) is 17.9 Å². The Morgan fingerprint density at radius 1 is 1.07 bits per heavy atom. The van der Waals surface area contributed by atoms with Gasteiger partial charge in [-0.25, -0.2) is 0 Å². The number of rotatable bonds is 2. The van der Waals surface area contributed by atoms with Gasteiger partial charge in [0.1, 0.15) is 0 Å². The molecule has 1 aromatic rings. The summed E-state index contributed by atoms with van der Waals surface area (Å²) in [6.45, 7) is 11.0. The predicted octanol–water partition coefficient (Wildman–Crippen LogP) is 3.75. The van der Waals surface area contributed by atoms with Crippen molar-refractivity contribution in [1.82, 2.24) is 0 Å². The molecule has 14 heavy (non-hydrogen) atoms. The number of hydrogen-bond acceptors (Lipinski definition) is 2. The fourth-order valence-corrected chi connectivity index (χ4v) is 0.848. The Morgan fingerprint density at radius 3 is 2.00 bits per heavy atom. The number of benzene rings is 1. The lowest BCUT2D eigenvalue weighted by Gasteiger charge is -2.04. The molecule has 0 heterocycles. The molecule has 82 valence electrons. The topological polar surface area (TPSA) is 38.0 Å². The molecule has 1 aromatic carbocycles. The molecule has 0 aliphatic rings. The number of anilines is 2. The molecule has 0 aromatic heterocycles. The van der Waals surface area contributed by atoms with E-state index in [1.54, 1.807) is 0 Å². The third-order valence-corrected chi connectivity index (χ3v) is 1.33. The molecule has 1 rings (SSSR count).